The fraction of sp³-hybridized carbons (Fsp3) is 0.909. The predicted molar refractivity (Wildman–Crippen MR) is 124 cm³/mol. The largest absolute Gasteiger partial charge is 0.400 e. The van der Waals surface area contributed by atoms with Crippen molar-refractivity contribution in [2.45, 2.75) is 13.3 Å². The number of rotatable bonds is 27. The molecule has 0 aliphatic rings. The average molecular weight is 500 g/mol. The molecule has 0 aromatic heterocycles. The SMILES string of the molecule is CC(=O)NCCOCCOCCOCCOCCOCCOCCOCCOCCC=O.CO. The zero-order chi connectivity index (χ0) is 25.4. The third-order valence-electron chi connectivity index (χ3n) is 3.60. The maximum atomic E-state index is 10.6. The maximum absolute atomic E-state index is 10.6. The Balaban J connectivity index is 0. The van der Waals surface area contributed by atoms with Crippen molar-refractivity contribution in [2.24, 2.45) is 0 Å². The Morgan fingerprint density at radius 2 is 0.824 bits per heavy atom. The second-order valence-electron chi connectivity index (χ2n) is 6.34. The van der Waals surface area contributed by atoms with E-state index in [4.69, 9.17) is 43.0 Å². The highest BCUT2D eigenvalue weighted by Crippen LogP contribution is 1.86. The van der Waals surface area contributed by atoms with Gasteiger partial charge in [0.25, 0.3) is 0 Å². The van der Waals surface area contributed by atoms with Gasteiger partial charge in [-0.2, -0.15) is 0 Å². The highest BCUT2D eigenvalue weighted by Gasteiger charge is 1.95. The Hall–Kier alpha value is -1.22. The molecule has 0 radical (unpaired) electrons. The van der Waals surface area contributed by atoms with E-state index >= 15 is 0 Å². The van der Waals surface area contributed by atoms with Crippen LogP contribution >= 0.6 is 0 Å². The number of hydrogen-bond acceptors (Lipinski definition) is 11. The minimum absolute atomic E-state index is 0.0613. The van der Waals surface area contributed by atoms with E-state index in [-0.39, 0.29) is 5.91 Å². The molecule has 0 atom stereocenters. The molecule has 0 saturated carbocycles. The normalized spacial score (nSPS) is 10.6. The predicted octanol–water partition coefficient (Wildman–Crippen LogP) is -0.547. The minimum Gasteiger partial charge on any atom is -0.400 e. The van der Waals surface area contributed by atoms with Gasteiger partial charge in [0.2, 0.25) is 5.91 Å². The number of aliphatic hydroxyl groups excluding tert-OH is 1. The first kappa shape index (κ1) is 34.9. The third-order valence-corrected chi connectivity index (χ3v) is 3.60. The number of amides is 1. The van der Waals surface area contributed by atoms with Crippen molar-refractivity contribution in [3.05, 3.63) is 0 Å². The Kier molecular flexibility index (Phi) is 34.9. The number of nitrogens with one attached hydrogen (secondary N) is 1. The Morgan fingerprint density at radius 1 is 0.559 bits per heavy atom. The van der Waals surface area contributed by atoms with Crippen molar-refractivity contribution in [1.82, 2.24) is 5.32 Å². The first-order chi connectivity index (χ1) is 16.8. The lowest BCUT2D eigenvalue weighted by Gasteiger charge is -2.08. The van der Waals surface area contributed by atoms with Gasteiger partial charge in [0.15, 0.2) is 0 Å². The van der Waals surface area contributed by atoms with Gasteiger partial charge in [-0.3, -0.25) is 4.79 Å². The Bertz CT molecular complexity index is 403. The summed E-state index contributed by atoms with van der Waals surface area (Å²) >= 11 is 0. The van der Waals surface area contributed by atoms with Gasteiger partial charge in [-0.25, -0.2) is 0 Å². The van der Waals surface area contributed by atoms with Crippen LogP contribution in [0.5, 0.6) is 0 Å². The molecule has 34 heavy (non-hydrogen) atoms. The van der Waals surface area contributed by atoms with Crippen molar-refractivity contribution < 1.29 is 52.6 Å². The lowest BCUT2D eigenvalue weighted by atomic mass is 10.5. The number of carbonyl (C=O) groups excluding carboxylic acids is 2. The molecule has 1 amide bonds. The molecule has 0 fully saturated rings. The van der Waals surface area contributed by atoms with Gasteiger partial charge in [-0.05, 0) is 0 Å². The minimum atomic E-state index is -0.0613. The maximum Gasteiger partial charge on any atom is 0.216 e. The zero-order valence-electron chi connectivity index (χ0n) is 20.8. The van der Waals surface area contributed by atoms with E-state index in [1.807, 2.05) is 0 Å². The van der Waals surface area contributed by atoms with E-state index < -0.39 is 0 Å². The summed E-state index contributed by atoms with van der Waals surface area (Å²) in [7, 11) is 1.00. The second-order valence-corrected chi connectivity index (χ2v) is 6.34. The summed E-state index contributed by atoms with van der Waals surface area (Å²) < 4.78 is 42.7. The highest BCUT2D eigenvalue weighted by molar-refractivity contribution is 5.72. The van der Waals surface area contributed by atoms with Crippen LogP contribution in [0, 0.1) is 0 Å². The molecule has 12 nitrogen and oxygen atoms in total. The molecule has 0 heterocycles. The fourth-order valence-corrected chi connectivity index (χ4v) is 2.07. The number of carbonyl (C=O) groups is 2. The highest BCUT2D eigenvalue weighted by atomic mass is 16.6. The fourth-order valence-electron chi connectivity index (χ4n) is 2.07. The summed E-state index contributed by atoms with van der Waals surface area (Å²) in [6.45, 7) is 9.86. The lowest BCUT2D eigenvalue weighted by molar-refractivity contribution is -0.119. The lowest BCUT2D eigenvalue weighted by Crippen LogP contribution is -2.25. The molecule has 0 aromatic carbocycles. The molecule has 2 N–H and O–H groups in total. The monoisotopic (exact) mass is 499 g/mol. The van der Waals surface area contributed by atoms with Crippen LogP contribution in [0.2, 0.25) is 0 Å². The van der Waals surface area contributed by atoms with E-state index in [9.17, 15) is 9.59 Å². The smallest absolute Gasteiger partial charge is 0.216 e. The van der Waals surface area contributed by atoms with Gasteiger partial charge in [0.05, 0.1) is 106 Å². The zero-order valence-corrected chi connectivity index (χ0v) is 20.8. The summed E-state index contributed by atoms with van der Waals surface area (Å²) in [5, 5.41) is 9.65. The van der Waals surface area contributed by atoms with Gasteiger partial charge < -0.3 is 53.1 Å². The standard InChI is InChI=1S/C21H41NO10.CH4O/c1-21(24)22-3-6-26-8-10-28-12-14-30-16-18-32-20-19-31-17-15-29-13-11-27-9-7-25-5-2-4-23;1-2/h4H,2-3,5-20H2,1H3,(H,22,24);2H,1H3. The number of ether oxygens (including phenoxy) is 8. The van der Waals surface area contributed by atoms with Crippen molar-refractivity contribution in [2.75, 3.05) is 119 Å². The summed E-state index contributed by atoms with van der Waals surface area (Å²) in [6, 6.07) is 0. The number of hydrogen-bond donors (Lipinski definition) is 2. The van der Waals surface area contributed by atoms with E-state index in [0.717, 1.165) is 13.4 Å². The van der Waals surface area contributed by atoms with Gasteiger partial charge in [0, 0.05) is 27.0 Å². The first-order valence-electron chi connectivity index (χ1n) is 11.5. The average Bonchev–Trinajstić information content (AvgIpc) is 2.84. The molecule has 0 saturated heterocycles. The van der Waals surface area contributed by atoms with Crippen LogP contribution in [0.3, 0.4) is 0 Å². The Morgan fingerprint density at radius 3 is 1.09 bits per heavy atom. The summed E-state index contributed by atoms with van der Waals surface area (Å²) in [6.07, 6.45) is 1.25. The quantitative estimate of drug-likeness (QED) is 0.111. The first-order valence-corrected chi connectivity index (χ1v) is 11.5. The van der Waals surface area contributed by atoms with Crippen LogP contribution in [-0.4, -0.2) is 137 Å². The molecule has 0 rings (SSSR count). The van der Waals surface area contributed by atoms with Gasteiger partial charge in [-0.1, -0.05) is 0 Å². The van der Waals surface area contributed by atoms with Crippen LogP contribution in [0.25, 0.3) is 0 Å². The number of aldehydes is 1. The van der Waals surface area contributed by atoms with E-state index in [2.05, 4.69) is 5.32 Å². The molecular formula is C22H45NO11. The van der Waals surface area contributed by atoms with Crippen molar-refractivity contribution in [3.63, 3.8) is 0 Å². The van der Waals surface area contributed by atoms with E-state index in [0.29, 0.717) is 119 Å². The molecule has 0 bridgehead atoms. The van der Waals surface area contributed by atoms with E-state index in [1.165, 1.54) is 6.92 Å². The van der Waals surface area contributed by atoms with Crippen LogP contribution in [0.1, 0.15) is 13.3 Å². The van der Waals surface area contributed by atoms with Crippen molar-refractivity contribution in [3.8, 4) is 0 Å². The van der Waals surface area contributed by atoms with Crippen LogP contribution < -0.4 is 5.32 Å². The molecule has 0 aliphatic carbocycles. The second kappa shape index (κ2) is 34.0. The van der Waals surface area contributed by atoms with Crippen LogP contribution in [0.4, 0.5) is 0 Å². The molecular weight excluding hydrogens is 454 g/mol. The molecule has 204 valence electrons. The molecule has 0 spiro atoms. The van der Waals surface area contributed by atoms with Crippen LogP contribution in [-0.2, 0) is 47.5 Å². The van der Waals surface area contributed by atoms with Gasteiger partial charge >= 0.3 is 0 Å². The van der Waals surface area contributed by atoms with Gasteiger partial charge in [0.1, 0.15) is 6.29 Å². The van der Waals surface area contributed by atoms with Crippen LogP contribution in [0.15, 0.2) is 0 Å². The van der Waals surface area contributed by atoms with Crippen molar-refractivity contribution >= 4 is 12.2 Å². The third kappa shape index (κ3) is 35.4. The molecule has 0 aromatic rings. The molecule has 0 unspecified atom stereocenters. The van der Waals surface area contributed by atoms with Gasteiger partial charge in [-0.15, -0.1) is 0 Å². The molecule has 12 heteroatoms. The molecule has 0 aliphatic heterocycles. The number of aliphatic hydroxyl groups is 1. The van der Waals surface area contributed by atoms with Crippen molar-refractivity contribution in [1.29, 1.82) is 0 Å². The summed E-state index contributed by atoms with van der Waals surface area (Å²) in [5.41, 5.74) is 0. The summed E-state index contributed by atoms with van der Waals surface area (Å²) in [5.74, 6) is -0.0613. The summed E-state index contributed by atoms with van der Waals surface area (Å²) in [4.78, 5) is 20.7. The topological polar surface area (TPSA) is 140 Å². The Labute approximate surface area is 203 Å². The van der Waals surface area contributed by atoms with E-state index in [1.54, 1.807) is 0 Å².